The molecular weight excluding hydrogens is 304 g/mol. The smallest absolute Gasteiger partial charge is 0.154 e. The second-order valence-corrected chi connectivity index (χ2v) is 8.08. The summed E-state index contributed by atoms with van der Waals surface area (Å²) in [6, 6.07) is 1.80. The summed E-state index contributed by atoms with van der Waals surface area (Å²) in [6.07, 6.45) is 6.77. The molecule has 4 heteroatoms. The van der Waals surface area contributed by atoms with Crippen molar-refractivity contribution in [1.82, 2.24) is 0 Å². The van der Waals surface area contributed by atoms with Crippen LogP contribution in [-0.2, 0) is 6.42 Å². The van der Waals surface area contributed by atoms with E-state index in [-0.39, 0.29) is 22.8 Å². The Morgan fingerprint density at radius 2 is 1.96 bits per heavy atom. The molecule has 4 rings (SSSR count). The van der Waals surface area contributed by atoms with Crippen molar-refractivity contribution >= 4 is 12.6 Å². The number of hydrogen-bond acceptors (Lipinski definition) is 4. The molecule has 2 saturated carbocycles. The lowest BCUT2D eigenvalue weighted by atomic mass is 9.55. The van der Waals surface area contributed by atoms with Gasteiger partial charge in [-0.05, 0) is 78.9 Å². The van der Waals surface area contributed by atoms with Gasteiger partial charge in [0, 0.05) is 0 Å². The number of carbonyl (C=O) groups excluding carboxylic acids is 2. The van der Waals surface area contributed by atoms with Crippen LogP contribution in [0.15, 0.2) is 6.07 Å². The third kappa shape index (κ3) is 1.95. The van der Waals surface area contributed by atoms with Gasteiger partial charge in [-0.3, -0.25) is 9.59 Å². The highest BCUT2D eigenvalue weighted by molar-refractivity contribution is 5.90. The van der Waals surface area contributed by atoms with Crippen LogP contribution in [0.3, 0.4) is 0 Å². The number of benzene rings is 1. The van der Waals surface area contributed by atoms with E-state index in [4.69, 9.17) is 0 Å². The molecule has 0 bridgehead atoms. The third-order valence-electron chi connectivity index (χ3n) is 7.27. The van der Waals surface area contributed by atoms with Gasteiger partial charge in [0.1, 0.15) is 5.75 Å². The Morgan fingerprint density at radius 1 is 1.17 bits per heavy atom. The number of aliphatic hydroxyl groups is 1. The molecule has 0 amide bonds. The molecule has 2 N–H and O–H groups in total. The normalized spacial score (nSPS) is 37.2. The minimum atomic E-state index is -0.208. The van der Waals surface area contributed by atoms with Gasteiger partial charge >= 0.3 is 0 Å². The zero-order chi connectivity index (χ0) is 17.1. The third-order valence-corrected chi connectivity index (χ3v) is 7.27. The van der Waals surface area contributed by atoms with Crippen LogP contribution in [0.25, 0.3) is 0 Å². The Labute approximate surface area is 141 Å². The van der Waals surface area contributed by atoms with Gasteiger partial charge in [0.25, 0.3) is 0 Å². The molecule has 0 radical (unpaired) electrons. The lowest BCUT2D eigenvalue weighted by molar-refractivity contribution is -0.0226. The molecule has 1 aromatic carbocycles. The van der Waals surface area contributed by atoms with Gasteiger partial charge in [0.2, 0.25) is 0 Å². The quantitative estimate of drug-likeness (QED) is 0.817. The van der Waals surface area contributed by atoms with Crippen LogP contribution in [0.2, 0.25) is 0 Å². The number of hydrogen-bond donors (Lipinski definition) is 2. The molecule has 1 aromatic rings. The van der Waals surface area contributed by atoms with Gasteiger partial charge in [-0.2, -0.15) is 0 Å². The van der Waals surface area contributed by atoms with E-state index in [9.17, 15) is 19.8 Å². The SMILES string of the molecule is C[C@]12CC[C@@H]3c4cc(C=O)c(O)c(C=O)c4CC[C@H]3[C@@H]1CC[C@@H]2O. The molecule has 3 aliphatic carbocycles. The minimum Gasteiger partial charge on any atom is -0.506 e. The van der Waals surface area contributed by atoms with Gasteiger partial charge in [-0.25, -0.2) is 0 Å². The fourth-order valence-corrected chi connectivity index (χ4v) is 5.96. The fraction of sp³-hybridized carbons (Fsp3) is 0.600. The van der Waals surface area contributed by atoms with Crippen LogP contribution in [0.1, 0.15) is 76.8 Å². The number of aldehydes is 2. The standard InChI is InChI=1S/C20H24O4/c1-20-7-6-13-14(17(20)4-5-18(20)23)3-2-12-15(13)8-11(9-21)19(24)16(12)10-22/h8-10,13-14,17-18,23-24H,2-7H2,1H3/t13-,14+,17-,18-,20-/m0/s1. The van der Waals surface area contributed by atoms with Gasteiger partial charge in [0.05, 0.1) is 17.2 Å². The second kappa shape index (κ2) is 5.41. The maximum absolute atomic E-state index is 11.5. The van der Waals surface area contributed by atoms with Crippen LogP contribution < -0.4 is 0 Å². The average Bonchev–Trinajstić information content (AvgIpc) is 2.89. The number of aliphatic hydroxyl groups excluding tert-OH is 1. The van der Waals surface area contributed by atoms with E-state index in [0.717, 1.165) is 49.7 Å². The van der Waals surface area contributed by atoms with Gasteiger partial charge in [-0.15, -0.1) is 0 Å². The summed E-state index contributed by atoms with van der Waals surface area (Å²) in [4.78, 5) is 22.8. The summed E-state index contributed by atoms with van der Waals surface area (Å²) in [7, 11) is 0. The van der Waals surface area contributed by atoms with Gasteiger partial charge in [0.15, 0.2) is 12.6 Å². The summed E-state index contributed by atoms with van der Waals surface area (Å²) in [6.45, 7) is 2.23. The van der Waals surface area contributed by atoms with E-state index in [1.165, 1.54) is 0 Å². The Balaban J connectivity index is 1.80. The number of aromatic hydroxyl groups is 1. The number of rotatable bonds is 2. The molecule has 0 unspecified atom stereocenters. The van der Waals surface area contributed by atoms with Crippen LogP contribution in [0.5, 0.6) is 5.75 Å². The molecule has 5 atom stereocenters. The van der Waals surface area contributed by atoms with E-state index in [0.29, 0.717) is 35.9 Å². The highest BCUT2D eigenvalue weighted by Crippen LogP contribution is 2.61. The van der Waals surface area contributed by atoms with Crippen molar-refractivity contribution < 1.29 is 19.8 Å². The summed E-state index contributed by atoms with van der Waals surface area (Å²) in [5.74, 6) is 1.16. The molecule has 4 nitrogen and oxygen atoms in total. The van der Waals surface area contributed by atoms with Crippen LogP contribution in [0, 0.1) is 17.3 Å². The molecule has 128 valence electrons. The molecule has 0 aromatic heterocycles. The molecule has 0 heterocycles. The monoisotopic (exact) mass is 328 g/mol. The first kappa shape index (κ1) is 15.8. The summed E-state index contributed by atoms with van der Waals surface area (Å²) in [5, 5.41) is 20.6. The fourth-order valence-electron chi connectivity index (χ4n) is 5.96. The molecule has 0 spiro atoms. The van der Waals surface area contributed by atoms with Crippen molar-refractivity contribution in [3.8, 4) is 5.75 Å². The lowest BCUT2D eigenvalue weighted by Crippen LogP contribution is -2.44. The van der Waals surface area contributed by atoms with Crippen molar-refractivity contribution in [2.24, 2.45) is 17.3 Å². The van der Waals surface area contributed by atoms with E-state index in [1.807, 2.05) is 0 Å². The van der Waals surface area contributed by atoms with Crippen LogP contribution in [0.4, 0.5) is 0 Å². The van der Waals surface area contributed by atoms with E-state index >= 15 is 0 Å². The van der Waals surface area contributed by atoms with Crippen LogP contribution in [-0.4, -0.2) is 28.9 Å². The predicted octanol–water partition coefficient (Wildman–Crippen LogP) is 3.23. The maximum atomic E-state index is 11.5. The van der Waals surface area contributed by atoms with E-state index < -0.39 is 0 Å². The molecule has 24 heavy (non-hydrogen) atoms. The number of phenolic OH excluding ortho intramolecular Hbond substituents is 1. The Bertz CT molecular complexity index is 710. The lowest BCUT2D eigenvalue weighted by Gasteiger charge is -2.50. The molecule has 0 saturated heterocycles. The summed E-state index contributed by atoms with van der Waals surface area (Å²) in [5.41, 5.74) is 2.54. The maximum Gasteiger partial charge on any atom is 0.154 e. The van der Waals surface area contributed by atoms with Crippen molar-refractivity contribution in [2.75, 3.05) is 0 Å². The first-order valence-electron chi connectivity index (χ1n) is 8.98. The predicted molar refractivity (Wildman–Crippen MR) is 89.5 cm³/mol. The first-order chi connectivity index (χ1) is 11.5. The molecule has 0 aliphatic heterocycles. The first-order valence-corrected chi connectivity index (χ1v) is 8.98. The van der Waals surface area contributed by atoms with E-state index in [2.05, 4.69) is 6.92 Å². The highest BCUT2D eigenvalue weighted by Gasteiger charge is 2.54. The van der Waals surface area contributed by atoms with Crippen molar-refractivity contribution in [2.45, 2.75) is 57.5 Å². The van der Waals surface area contributed by atoms with Gasteiger partial charge in [-0.1, -0.05) is 6.92 Å². The highest BCUT2D eigenvalue weighted by atomic mass is 16.3. The molecular formula is C20H24O4. The largest absolute Gasteiger partial charge is 0.506 e. The van der Waals surface area contributed by atoms with Crippen molar-refractivity contribution in [3.05, 3.63) is 28.3 Å². The Kier molecular flexibility index (Phi) is 3.57. The van der Waals surface area contributed by atoms with E-state index in [1.54, 1.807) is 6.07 Å². The minimum absolute atomic E-state index is 0.0105. The Hall–Kier alpha value is -1.68. The molecule has 2 fully saturated rings. The number of fused-ring (bicyclic) bond motifs is 5. The zero-order valence-electron chi connectivity index (χ0n) is 14.0. The summed E-state index contributed by atoms with van der Waals surface area (Å²) < 4.78 is 0. The number of phenols is 1. The number of carbonyl (C=O) groups is 2. The second-order valence-electron chi connectivity index (χ2n) is 8.08. The molecule has 3 aliphatic rings. The van der Waals surface area contributed by atoms with Gasteiger partial charge < -0.3 is 10.2 Å². The average molecular weight is 328 g/mol. The van der Waals surface area contributed by atoms with Crippen LogP contribution >= 0.6 is 0 Å². The summed E-state index contributed by atoms with van der Waals surface area (Å²) >= 11 is 0. The zero-order valence-corrected chi connectivity index (χ0v) is 14.0. The van der Waals surface area contributed by atoms with Crippen molar-refractivity contribution in [3.63, 3.8) is 0 Å². The topological polar surface area (TPSA) is 74.6 Å². The Morgan fingerprint density at radius 3 is 2.67 bits per heavy atom. The van der Waals surface area contributed by atoms with Crippen molar-refractivity contribution in [1.29, 1.82) is 0 Å².